The van der Waals surface area contributed by atoms with Gasteiger partial charge in [0, 0.05) is 37.2 Å². The summed E-state index contributed by atoms with van der Waals surface area (Å²) in [5.41, 5.74) is 1.62. The number of nitrogens with zero attached hydrogens (tertiary/aromatic N) is 8. The number of hydrogen-bond donors (Lipinski definition) is 0. The number of anilines is 2. The Bertz CT molecular complexity index is 1540. The first kappa shape index (κ1) is 22.7. The molecule has 0 aliphatic rings. The second-order valence-electron chi connectivity index (χ2n) is 7.79. The Labute approximate surface area is 201 Å². The van der Waals surface area contributed by atoms with Gasteiger partial charge in [-0.15, -0.1) is 10.2 Å². The zero-order valence-corrected chi connectivity index (χ0v) is 19.1. The van der Waals surface area contributed by atoms with Gasteiger partial charge in [0.25, 0.3) is 11.7 Å². The van der Waals surface area contributed by atoms with Gasteiger partial charge in [-0.05, 0) is 18.2 Å². The van der Waals surface area contributed by atoms with E-state index in [9.17, 15) is 13.2 Å². The van der Waals surface area contributed by atoms with E-state index >= 15 is 0 Å². The van der Waals surface area contributed by atoms with Crippen LogP contribution in [0.1, 0.15) is 6.92 Å². The molecule has 0 saturated carbocycles. The van der Waals surface area contributed by atoms with Crippen LogP contribution in [0, 0.1) is 5.82 Å². The molecule has 0 saturated heterocycles. The number of hydrogen-bond acceptors (Lipinski definition) is 8. The standard InChI is InChI=1S/C22H16ClF3N8O/c1-22(25,26)10-35-19-4-3-12(7-28-19)16-8-27-9-18(30-16)33(2)20-13-5-15(24)14(23)6-17(13)34-11-29-32-21(34)31-20/h3-9,11H,10H2,1-2H3. The normalized spacial score (nSPS) is 11.8. The second-order valence-corrected chi connectivity index (χ2v) is 8.19. The first-order chi connectivity index (χ1) is 16.7. The summed E-state index contributed by atoms with van der Waals surface area (Å²) < 4.78 is 47.0. The minimum absolute atomic E-state index is 0.0447. The summed E-state index contributed by atoms with van der Waals surface area (Å²) in [7, 11) is 1.70. The van der Waals surface area contributed by atoms with E-state index < -0.39 is 18.3 Å². The van der Waals surface area contributed by atoms with Crippen molar-refractivity contribution in [3.05, 3.63) is 60.0 Å². The van der Waals surface area contributed by atoms with Gasteiger partial charge in [0.1, 0.15) is 18.0 Å². The molecule has 1 aromatic carbocycles. The highest BCUT2D eigenvalue weighted by Gasteiger charge is 2.22. The highest BCUT2D eigenvalue weighted by molar-refractivity contribution is 6.31. The van der Waals surface area contributed by atoms with Crippen molar-refractivity contribution in [2.75, 3.05) is 18.6 Å². The van der Waals surface area contributed by atoms with Gasteiger partial charge in [0.2, 0.25) is 5.88 Å². The van der Waals surface area contributed by atoms with Crippen LogP contribution in [0.5, 0.6) is 5.88 Å². The minimum atomic E-state index is -2.97. The molecule has 5 aromatic rings. The average molecular weight is 501 g/mol. The number of pyridine rings is 1. The highest BCUT2D eigenvalue weighted by Crippen LogP contribution is 2.32. The first-order valence-corrected chi connectivity index (χ1v) is 10.6. The van der Waals surface area contributed by atoms with E-state index in [1.807, 2.05) is 0 Å². The zero-order chi connectivity index (χ0) is 24.7. The van der Waals surface area contributed by atoms with Crippen molar-refractivity contribution in [1.82, 2.24) is 34.5 Å². The Morgan fingerprint density at radius 1 is 1.14 bits per heavy atom. The number of fused-ring (bicyclic) bond motifs is 3. The maximum Gasteiger partial charge on any atom is 0.278 e. The number of alkyl halides is 2. The third-order valence-corrected chi connectivity index (χ3v) is 5.35. The smallest absolute Gasteiger partial charge is 0.278 e. The molecule has 0 fully saturated rings. The van der Waals surface area contributed by atoms with E-state index in [1.54, 1.807) is 22.4 Å². The summed E-state index contributed by atoms with van der Waals surface area (Å²) in [5, 5.41) is 8.29. The third kappa shape index (κ3) is 4.52. The zero-order valence-electron chi connectivity index (χ0n) is 18.3. The van der Waals surface area contributed by atoms with E-state index in [0.29, 0.717) is 39.6 Å². The Hall–Kier alpha value is -4.06. The van der Waals surface area contributed by atoms with Gasteiger partial charge >= 0.3 is 0 Å². The van der Waals surface area contributed by atoms with E-state index in [4.69, 9.17) is 16.3 Å². The second kappa shape index (κ2) is 8.62. The van der Waals surface area contributed by atoms with Gasteiger partial charge in [-0.25, -0.2) is 23.1 Å². The van der Waals surface area contributed by atoms with E-state index in [0.717, 1.165) is 6.92 Å². The van der Waals surface area contributed by atoms with Crippen molar-refractivity contribution in [1.29, 1.82) is 0 Å². The molecule has 0 spiro atoms. The number of benzene rings is 1. The van der Waals surface area contributed by atoms with Crippen LogP contribution >= 0.6 is 11.6 Å². The molecule has 4 aromatic heterocycles. The van der Waals surface area contributed by atoms with Crippen LogP contribution in [0.3, 0.4) is 0 Å². The Balaban J connectivity index is 1.50. The van der Waals surface area contributed by atoms with Gasteiger partial charge in [-0.1, -0.05) is 11.6 Å². The number of ether oxygens (including phenoxy) is 1. The molecule has 9 nitrogen and oxygen atoms in total. The molecule has 0 amide bonds. The maximum absolute atomic E-state index is 14.4. The van der Waals surface area contributed by atoms with Crippen LogP contribution in [-0.4, -0.2) is 54.1 Å². The summed E-state index contributed by atoms with van der Waals surface area (Å²) in [5.74, 6) is -2.44. The Morgan fingerprint density at radius 3 is 2.71 bits per heavy atom. The van der Waals surface area contributed by atoms with Crippen LogP contribution in [-0.2, 0) is 0 Å². The fraction of sp³-hybridized carbons (Fsp3) is 0.182. The molecule has 0 bridgehead atoms. The molecule has 5 rings (SSSR count). The molecule has 0 unspecified atom stereocenters. The van der Waals surface area contributed by atoms with Crippen molar-refractivity contribution < 1.29 is 17.9 Å². The lowest BCUT2D eigenvalue weighted by Gasteiger charge is -2.20. The molecule has 178 valence electrons. The van der Waals surface area contributed by atoms with Crippen molar-refractivity contribution >= 4 is 39.9 Å². The van der Waals surface area contributed by atoms with Crippen molar-refractivity contribution in [2.45, 2.75) is 12.8 Å². The highest BCUT2D eigenvalue weighted by atomic mass is 35.5. The van der Waals surface area contributed by atoms with Crippen LogP contribution in [0.4, 0.5) is 24.8 Å². The van der Waals surface area contributed by atoms with Crippen LogP contribution in [0.2, 0.25) is 5.02 Å². The topological polar surface area (TPSA) is 94.2 Å². The van der Waals surface area contributed by atoms with Gasteiger partial charge in [-0.3, -0.25) is 9.38 Å². The fourth-order valence-corrected chi connectivity index (χ4v) is 3.54. The molecular weight excluding hydrogens is 485 g/mol. The lowest BCUT2D eigenvalue weighted by atomic mass is 10.2. The lowest BCUT2D eigenvalue weighted by molar-refractivity contribution is -0.0242. The SMILES string of the molecule is CN(c1cncc(-c2ccc(OCC(C)(F)F)nc2)n1)c1nc2nncn2c2cc(Cl)c(F)cc12. The molecule has 0 atom stereocenters. The van der Waals surface area contributed by atoms with Crippen molar-refractivity contribution in [2.24, 2.45) is 0 Å². The van der Waals surface area contributed by atoms with Gasteiger partial charge in [-0.2, -0.15) is 4.98 Å². The van der Waals surface area contributed by atoms with Crippen molar-refractivity contribution in [3.8, 4) is 17.1 Å². The summed E-state index contributed by atoms with van der Waals surface area (Å²) in [6.45, 7) is -0.0105. The Morgan fingerprint density at radius 2 is 1.97 bits per heavy atom. The quantitative estimate of drug-likeness (QED) is 0.330. The predicted molar refractivity (Wildman–Crippen MR) is 123 cm³/mol. The van der Waals surface area contributed by atoms with E-state index in [-0.39, 0.29) is 10.9 Å². The minimum Gasteiger partial charge on any atom is -0.471 e. The molecule has 35 heavy (non-hydrogen) atoms. The van der Waals surface area contributed by atoms with E-state index in [1.165, 1.54) is 43.1 Å². The van der Waals surface area contributed by atoms with E-state index in [2.05, 4.69) is 30.1 Å². The summed E-state index contributed by atoms with van der Waals surface area (Å²) in [6, 6.07) is 5.88. The third-order valence-electron chi connectivity index (χ3n) is 5.06. The maximum atomic E-state index is 14.4. The monoisotopic (exact) mass is 500 g/mol. The molecule has 13 heteroatoms. The van der Waals surface area contributed by atoms with Gasteiger partial charge < -0.3 is 9.64 Å². The number of halogens is 4. The van der Waals surface area contributed by atoms with Crippen LogP contribution in [0.25, 0.3) is 27.9 Å². The van der Waals surface area contributed by atoms with Crippen LogP contribution < -0.4 is 9.64 Å². The number of rotatable bonds is 6. The first-order valence-electron chi connectivity index (χ1n) is 10.2. The molecule has 0 aliphatic carbocycles. The summed E-state index contributed by atoms with van der Waals surface area (Å²) in [6.07, 6.45) is 5.96. The molecule has 0 aliphatic heterocycles. The van der Waals surface area contributed by atoms with Gasteiger partial charge in [0.15, 0.2) is 12.4 Å². The van der Waals surface area contributed by atoms with Crippen LogP contribution in [0.15, 0.2) is 49.2 Å². The number of aromatic nitrogens is 7. The van der Waals surface area contributed by atoms with Gasteiger partial charge in [0.05, 0.1) is 28.6 Å². The fourth-order valence-electron chi connectivity index (χ4n) is 3.38. The largest absolute Gasteiger partial charge is 0.471 e. The Kier molecular flexibility index (Phi) is 5.59. The average Bonchev–Trinajstić information content (AvgIpc) is 3.32. The molecule has 0 radical (unpaired) electrons. The molecule has 4 heterocycles. The molecular formula is C22H16ClF3N8O. The van der Waals surface area contributed by atoms with Crippen molar-refractivity contribution in [3.63, 3.8) is 0 Å². The predicted octanol–water partition coefficient (Wildman–Crippen LogP) is 4.72. The summed E-state index contributed by atoms with van der Waals surface area (Å²) in [4.78, 5) is 19.1. The lowest BCUT2D eigenvalue weighted by Crippen LogP contribution is -2.21. The summed E-state index contributed by atoms with van der Waals surface area (Å²) >= 11 is 6.01. The molecule has 0 N–H and O–H groups in total.